The van der Waals surface area contributed by atoms with Crippen molar-refractivity contribution in [3.63, 3.8) is 0 Å². The normalized spacial score (nSPS) is 41.0. The molecule has 4 aliphatic rings. The van der Waals surface area contributed by atoms with E-state index in [1.807, 2.05) is 0 Å². The van der Waals surface area contributed by atoms with Crippen LogP contribution in [0.5, 0.6) is 0 Å². The molecule has 0 amide bonds. The molecule has 4 fully saturated rings. The van der Waals surface area contributed by atoms with Crippen LogP contribution in [-0.2, 0) is 19.1 Å². The highest BCUT2D eigenvalue weighted by Crippen LogP contribution is 2.80. The Balaban J connectivity index is 1.58. The highest BCUT2D eigenvalue weighted by atomic mass is 16.6. The van der Waals surface area contributed by atoms with Crippen LogP contribution in [-0.4, -0.2) is 24.1 Å². The first kappa shape index (κ1) is 17.1. The second-order valence-corrected chi connectivity index (χ2v) is 9.69. The Bertz CT molecular complexity index is 603. The zero-order valence-corrected chi connectivity index (χ0v) is 15.5. The van der Waals surface area contributed by atoms with E-state index in [-0.39, 0.29) is 18.2 Å². The van der Waals surface area contributed by atoms with Gasteiger partial charge in [0.15, 0.2) is 6.61 Å². The van der Waals surface area contributed by atoms with E-state index in [0.29, 0.717) is 28.6 Å². The number of carbonyl (C=O) groups excluding carboxylic acids is 2. The lowest BCUT2D eigenvalue weighted by atomic mass is 9.64. The van der Waals surface area contributed by atoms with Crippen molar-refractivity contribution in [1.29, 1.82) is 0 Å². The molecule has 0 aliphatic heterocycles. The first-order valence-electron chi connectivity index (χ1n) is 9.82. The van der Waals surface area contributed by atoms with Gasteiger partial charge in [-0.25, -0.2) is 9.59 Å². The average molecular weight is 346 g/mol. The van der Waals surface area contributed by atoms with Crippen molar-refractivity contribution in [2.75, 3.05) is 6.61 Å². The van der Waals surface area contributed by atoms with Crippen molar-refractivity contribution in [1.82, 2.24) is 0 Å². The summed E-state index contributed by atoms with van der Waals surface area (Å²) in [5.74, 6) is 0.529. The van der Waals surface area contributed by atoms with Gasteiger partial charge in [-0.3, -0.25) is 0 Å². The monoisotopic (exact) mass is 346 g/mol. The Morgan fingerprint density at radius 1 is 1.12 bits per heavy atom. The Morgan fingerprint density at radius 2 is 1.84 bits per heavy atom. The summed E-state index contributed by atoms with van der Waals surface area (Å²) in [6.45, 7) is 7.81. The maximum Gasteiger partial charge on any atom is 0.344 e. The standard InChI is InChI=1S/C21H30O4/c1-4-17(22)24-12-18(23)25-21(14-7-5-6-8-14)15-9-19(2,3)13-20(10-15)11-16(20)21/h4,14-16H,1,5-13H2,2-3H3. The second-order valence-electron chi connectivity index (χ2n) is 9.69. The fraction of sp³-hybridized carbons (Fsp3) is 0.810. The number of rotatable bonds is 5. The minimum Gasteiger partial charge on any atom is -0.456 e. The van der Waals surface area contributed by atoms with Gasteiger partial charge in [-0.15, -0.1) is 0 Å². The van der Waals surface area contributed by atoms with Crippen LogP contribution in [0.25, 0.3) is 0 Å². The van der Waals surface area contributed by atoms with E-state index in [2.05, 4.69) is 20.4 Å². The molecule has 4 saturated carbocycles. The molecule has 0 radical (unpaired) electrons. The van der Waals surface area contributed by atoms with E-state index < -0.39 is 5.97 Å². The van der Waals surface area contributed by atoms with Crippen molar-refractivity contribution in [3.05, 3.63) is 12.7 Å². The van der Waals surface area contributed by atoms with Crippen LogP contribution in [0, 0.1) is 28.6 Å². The summed E-state index contributed by atoms with van der Waals surface area (Å²) in [6.07, 6.45) is 10.7. The second kappa shape index (κ2) is 5.59. The van der Waals surface area contributed by atoms with Gasteiger partial charge < -0.3 is 9.47 Å². The predicted octanol–water partition coefficient (Wildman–Crippen LogP) is 4.03. The smallest absolute Gasteiger partial charge is 0.344 e. The van der Waals surface area contributed by atoms with Crippen LogP contribution in [0.2, 0.25) is 0 Å². The minimum absolute atomic E-state index is 0.296. The third-order valence-corrected chi connectivity index (χ3v) is 7.44. The van der Waals surface area contributed by atoms with Gasteiger partial charge >= 0.3 is 11.9 Å². The van der Waals surface area contributed by atoms with Crippen LogP contribution in [0.3, 0.4) is 0 Å². The van der Waals surface area contributed by atoms with E-state index in [4.69, 9.17) is 9.47 Å². The topological polar surface area (TPSA) is 52.6 Å². The molecule has 4 heteroatoms. The van der Waals surface area contributed by atoms with Gasteiger partial charge in [-0.05, 0) is 55.3 Å². The highest BCUT2D eigenvalue weighted by molar-refractivity contribution is 5.83. The molecule has 4 rings (SSSR count). The van der Waals surface area contributed by atoms with Gasteiger partial charge in [0.2, 0.25) is 0 Å². The summed E-state index contributed by atoms with van der Waals surface area (Å²) < 4.78 is 11.2. The maximum absolute atomic E-state index is 12.6. The fourth-order valence-corrected chi connectivity index (χ4v) is 6.99. The lowest BCUT2D eigenvalue weighted by Gasteiger charge is -2.46. The molecule has 25 heavy (non-hydrogen) atoms. The Hall–Kier alpha value is -1.32. The summed E-state index contributed by atoms with van der Waals surface area (Å²) in [5, 5.41) is 0. The Labute approximate surface area is 150 Å². The van der Waals surface area contributed by atoms with E-state index in [1.54, 1.807) is 0 Å². The third kappa shape index (κ3) is 2.63. The SMILES string of the molecule is C=CC(=O)OCC(=O)OC1(C2CCCC2)C2CC(C)(C)CC3(C2)CC31. The van der Waals surface area contributed by atoms with E-state index in [0.717, 1.165) is 12.5 Å². The molecular weight excluding hydrogens is 316 g/mol. The largest absolute Gasteiger partial charge is 0.456 e. The van der Waals surface area contributed by atoms with Crippen molar-refractivity contribution in [2.45, 2.75) is 70.8 Å². The third-order valence-electron chi connectivity index (χ3n) is 7.44. The molecule has 2 bridgehead atoms. The number of esters is 2. The van der Waals surface area contributed by atoms with Crippen LogP contribution < -0.4 is 0 Å². The highest BCUT2D eigenvalue weighted by Gasteiger charge is 2.78. The average Bonchev–Trinajstić information content (AvgIpc) is 2.94. The molecule has 0 heterocycles. The lowest BCUT2D eigenvalue weighted by molar-refractivity contribution is -0.185. The molecule has 4 unspecified atom stereocenters. The van der Waals surface area contributed by atoms with Gasteiger partial charge in [0, 0.05) is 17.9 Å². The van der Waals surface area contributed by atoms with Gasteiger partial charge in [0.05, 0.1) is 0 Å². The molecule has 0 aromatic carbocycles. The summed E-state index contributed by atoms with van der Waals surface area (Å²) in [5.41, 5.74) is 0.439. The predicted molar refractivity (Wildman–Crippen MR) is 93.6 cm³/mol. The molecule has 4 nitrogen and oxygen atoms in total. The molecule has 1 spiro atoms. The Kier molecular flexibility index (Phi) is 3.82. The van der Waals surface area contributed by atoms with E-state index >= 15 is 0 Å². The number of ether oxygens (including phenoxy) is 2. The zero-order valence-electron chi connectivity index (χ0n) is 15.5. The van der Waals surface area contributed by atoms with Crippen molar-refractivity contribution >= 4 is 11.9 Å². The number of hydrogen-bond donors (Lipinski definition) is 0. The van der Waals surface area contributed by atoms with Gasteiger partial charge in [-0.1, -0.05) is 33.3 Å². The quantitative estimate of drug-likeness (QED) is 0.557. The number of fused-ring (bicyclic) bond motifs is 1. The lowest BCUT2D eigenvalue weighted by Crippen LogP contribution is -2.49. The molecule has 4 atom stereocenters. The molecular formula is C21H30O4. The molecule has 0 aromatic heterocycles. The molecule has 0 N–H and O–H groups in total. The zero-order chi connectivity index (χ0) is 17.9. The van der Waals surface area contributed by atoms with Gasteiger partial charge in [0.1, 0.15) is 5.60 Å². The van der Waals surface area contributed by atoms with Gasteiger partial charge in [-0.2, -0.15) is 0 Å². The van der Waals surface area contributed by atoms with Crippen LogP contribution >= 0.6 is 0 Å². The summed E-state index contributed by atoms with van der Waals surface area (Å²) in [6, 6.07) is 0. The van der Waals surface area contributed by atoms with Crippen molar-refractivity contribution in [2.24, 2.45) is 28.6 Å². The van der Waals surface area contributed by atoms with E-state index in [1.165, 1.54) is 44.9 Å². The molecule has 0 saturated heterocycles. The molecule has 138 valence electrons. The van der Waals surface area contributed by atoms with E-state index in [9.17, 15) is 9.59 Å². The first-order chi connectivity index (χ1) is 11.8. The Morgan fingerprint density at radius 3 is 2.52 bits per heavy atom. The fourth-order valence-electron chi connectivity index (χ4n) is 6.99. The number of hydrogen-bond acceptors (Lipinski definition) is 4. The van der Waals surface area contributed by atoms with Crippen molar-refractivity contribution < 1.29 is 19.1 Å². The first-order valence-corrected chi connectivity index (χ1v) is 9.82. The summed E-state index contributed by atoms with van der Waals surface area (Å²) in [7, 11) is 0. The molecule has 4 aliphatic carbocycles. The van der Waals surface area contributed by atoms with Crippen LogP contribution in [0.15, 0.2) is 12.7 Å². The maximum atomic E-state index is 12.6. The summed E-state index contributed by atoms with van der Waals surface area (Å²) >= 11 is 0. The van der Waals surface area contributed by atoms with Gasteiger partial charge in [0.25, 0.3) is 0 Å². The van der Waals surface area contributed by atoms with Crippen LogP contribution in [0.1, 0.15) is 65.2 Å². The molecule has 0 aromatic rings. The van der Waals surface area contributed by atoms with Crippen LogP contribution in [0.4, 0.5) is 0 Å². The minimum atomic E-state index is -0.568. The van der Waals surface area contributed by atoms with Crippen molar-refractivity contribution in [3.8, 4) is 0 Å². The summed E-state index contributed by atoms with van der Waals surface area (Å²) in [4.78, 5) is 23.8. The number of carbonyl (C=O) groups is 2.